The van der Waals surface area contributed by atoms with E-state index >= 15 is 0 Å². The Morgan fingerprint density at radius 1 is 0.966 bits per heavy atom. The lowest BCUT2D eigenvalue weighted by Crippen LogP contribution is -2.42. The molecule has 0 aliphatic heterocycles. The van der Waals surface area contributed by atoms with Gasteiger partial charge in [-0.15, -0.1) is 0 Å². The number of nitrogens with one attached hydrogen (secondary N) is 2. The molecule has 0 atom stereocenters. The summed E-state index contributed by atoms with van der Waals surface area (Å²) in [6.07, 6.45) is -0.813. The summed E-state index contributed by atoms with van der Waals surface area (Å²) in [5.41, 5.74) is 4.93. The van der Waals surface area contributed by atoms with Crippen LogP contribution in [0.1, 0.15) is 47.1 Å². The molecule has 2 amide bonds. The molecule has 2 rings (SSSR count). The maximum atomic E-state index is 12.3. The topological polar surface area (TPSA) is 103 Å². The number of benzene rings is 2. The fraction of sp³-hybridized carbons (Fsp3) is 0.286. The molecule has 0 aliphatic carbocycles. The Bertz CT molecular complexity index is 874. The lowest BCUT2D eigenvalue weighted by atomic mass is 10.1. The molecule has 0 unspecified atom stereocenters. The average molecular weight is 400 g/mol. The van der Waals surface area contributed by atoms with Crippen molar-refractivity contribution in [2.45, 2.75) is 33.0 Å². The molecule has 2 aromatic rings. The standard InChI is InChI=1S/C21H24N2O6/c1-21(2,3)29-19(25)15-10-11-16(17(12-15)27-4)18(24)22-23-20(26)28-13-14-8-6-5-7-9-14/h5-12H,13H2,1-4H3,(H,22,24)(H,23,26). The van der Waals surface area contributed by atoms with Crippen LogP contribution in [-0.2, 0) is 16.1 Å². The Hall–Kier alpha value is -3.55. The van der Waals surface area contributed by atoms with E-state index in [1.807, 2.05) is 30.3 Å². The second kappa shape index (κ2) is 9.59. The number of amides is 2. The van der Waals surface area contributed by atoms with Crippen LogP contribution in [0.2, 0.25) is 0 Å². The first-order chi connectivity index (χ1) is 13.7. The molecule has 0 aliphatic rings. The number of carbonyl (C=O) groups excluding carboxylic acids is 3. The summed E-state index contributed by atoms with van der Waals surface area (Å²) in [5, 5.41) is 0. The Morgan fingerprint density at radius 3 is 2.28 bits per heavy atom. The number of hydrogen-bond acceptors (Lipinski definition) is 6. The third kappa shape index (κ3) is 6.84. The normalized spacial score (nSPS) is 10.6. The van der Waals surface area contributed by atoms with Crippen molar-refractivity contribution in [2.24, 2.45) is 0 Å². The maximum absolute atomic E-state index is 12.3. The molecule has 0 heterocycles. The van der Waals surface area contributed by atoms with Gasteiger partial charge >= 0.3 is 12.1 Å². The number of hydrogen-bond donors (Lipinski definition) is 2. The summed E-state index contributed by atoms with van der Waals surface area (Å²) >= 11 is 0. The lowest BCUT2D eigenvalue weighted by molar-refractivity contribution is 0.00689. The molecule has 0 bridgehead atoms. The molecule has 0 fully saturated rings. The maximum Gasteiger partial charge on any atom is 0.426 e. The Morgan fingerprint density at radius 2 is 1.66 bits per heavy atom. The molecule has 2 aromatic carbocycles. The summed E-state index contributed by atoms with van der Waals surface area (Å²) in [5.74, 6) is -1.01. The van der Waals surface area contributed by atoms with Gasteiger partial charge in [0.2, 0.25) is 0 Å². The number of esters is 1. The number of rotatable bonds is 5. The van der Waals surface area contributed by atoms with Crippen LogP contribution in [0.15, 0.2) is 48.5 Å². The van der Waals surface area contributed by atoms with Crippen LogP contribution in [0.3, 0.4) is 0 Å². The van der Waals surface area contributed by atoms with Crippen LogP contribution in [0.4, 0.5) is 4.79 Å². The zero-order valence-electron chi connectivity index (χ0n) is 16.8. The van der Waals surface area contributed by atoms with E-state index in [1.54, 1.807) is 20.8 Å². The summed E-state index contributed by atoms with van der Waals surface area (Å²) in [4.78, 5) is 36.2. The first kappa shape index (κ1) is 21.7. The third-order valence-corrected chi connectivity index (χ3v) is 3.57. The second-order valence-electron chi connectivity index (χ2n) is 7.06. The van der Waals surface area contributed by atoms with E-state index in [2.05, 4.69) is 10.9 Å². The minimum atomic E-state index is -0.813. The monoisotopic (exact) mass is 400 g/mol. The minimum Gasteiger partial charge on any atom is -0.496 e. The highest BCUT2D eigenvalue weighted by molar-refractivity contribution is 5.99. The molecule has 29 heavy (non-hydrogen) atoms. The van der Waals surface area contributed by atoms with Crippen molar-refractivity contribution < 1.29 is 28.6 Å². The van der Waals surface area contributed by atoms with E-state index in [0.29, 0.717) is 0 Å². The van der Waals surface area contributed by atoms with Gasteiger partial charge in [0.25, 0.3) is 5.91 Å². The van der Waals surface area contributed by atoms with Crippen molar-refractivity contribution >= 4 is 18.0 Å². The molecule has 0 radical (unpaired) electrons. The van der Waals surface area contributed by atoms with E-state index in [4.69, 9.17) is 14.2 Å². The van der Waals surface area contributed by atoms with Gasteiger partial charge < -0.3 is 14.2 Å². The molecule has 2 N–H and O–H groups in total. The predicted molar refractivity (Wildman–Crippen MR) is 105 cm³/mol. The van der Waals surface area contributed by atoms with Gasteiger partial charge in [-0.05, 0) is 44.5 Å². The van der Waals surface area contributed by atoms with Gasteiger partial charge in [-0.1, -0.05) is 30.3 Å². The molecular formula is C21H24N2O6. The first-order valence-corrected chi connectivity index (χ1v) is 8.88. The van der Waals surface area contributed by atoms with Crippen LogP contribution < -0.4 is 15.6 Å². The quantitative estimate of drug-likeness (QED) is 0.590. The highest BCUT2D eigenvalue weighted by atomic mass is 16.6. The van der Waals surface area contributed by atoms with E-state index in [9.17, 15) is 14.4 Å². The molecule has 0 spiro atoms. The molecule has 0 aromatic heterocycles. The van der Waals surface area contributed by atoms with Crippen molar-refractivity contribution in [1.82, 2.24) is 10.9 Å². The molecule has 154 valence electrons. The Balaban J connectivity index is 1.95. The van der Waals surface area contributed by atoms with E-state index in [-0.39, 0.29) is 23.5 Å². The first-order valence-electron chi connectivity index (χ1n) is 8.88. The summed E-state index contributed by atoms with van der Waals surface area (Å²) < 4.78 is 15.5. The number of methoxy groups -OCH3 is 1. The van der Waals surface area contributed by atoms with Gasteiger partial charge in [0.15, 0.2) is 0 Å². The second-order valence-corrected chi connectivity index (χ2v) is 7.06. The third-order valence-electron chi connectivity index (χ3n) is 3.57. The fourth-order valence-corrected chi connectivity index (χ4v) is 2.28. The zero-order chi connectivity index (χ0) is 21.4. The molecule has 0 saturated carbocycles. The summed E-state index contributed by atoms with van der Waals surface area (Å²) in [7, 11) is 1.37. The van der Waals surface area contributed by atoms with Gasteiger partial charge in [0.1, 0.15) is 18.0 Å². The van der Waals surface area contributed by atoms with Crippen LogP contribution in [0, 0.1) is 0 Å². The SMILES string of the molecule is COc1cc(C(=O)OC(C)(C)C)ccc1C(=O)NNC(=O)OCc1ccccc1. The van der Waals surface area contributed by atoms with Crippen molar-refractivity contribution in [3.05, 3.63) is 65.2 Å². The van der Waals surface area contributed by atoms with Crippen LogP contribution >= 0.6 is 0 Å². The number of hydrazine groups is 1. The van der Waals surface area contributed by atoms with Crippen molar-refractivity contribution in [3.8, 4) is 5.75 Å². The number of carbonyl (C=O) groups is 3. The number of ether oxygens (including phenoxy) is 3. The summed E-state index contributed by atoms with van der Waals surface area (Å²) in [6.45, 7) is 5.34. The van der Waals surface area contributed by atoms with Crippen molar-refractivity contribution in [3.63, 3.8) is 0 Å². The zero-order valence-corrected chi connectivity index (χ0v) is 16.8. The Labute approximate surface area is 169 Å². The van der Waals surface area contributed by atoms with Gasteiger partial charge in [-0.2, -0.15) is 0 Å². The van der Waals surface area contributed by atoms with E-state index < -0.39 is 23.6 Å². The highest BCUT2D eigenvalue weighted by Gasteiger charge is 2.21. The fourth-order valence-electron chi connectivity index (χ4n) is 2.28. The van der Waals surface area contributed by atoms with Gasteiger partial charge in [-0.3, -0.25) is 10.2 Å². The molecule has 8 nitrogen and oxygen atoms in total. The van der Waals surface area contributed by atoms with Crippen LogP contribution in [0.5, 0.6) is 5.75 Å². The smallest absolute Gasteiger partial charge is 0.426 e. The van der Waals surface area contributed by atoms with Crippen molar-refractivity contribution in [2.75, 3.05) is 7.11 Å². The molecule has 8 heteroatoms. The van der Waals surface area contributed by atoms with E-state index in [1.165, 1.54) is 25.3 Å². The Kier molecular flexibility index (Phi) is 7.19. The lowest BCUT2D eigenvalue weighted by Gasteiger charge is -2.20. The van der Waals surface area contributed by atoms with Crippen LogP contribution in [-0.4, -0.2) is 30.7 Å². The molecular weight excluding hydrogens is 376 g/mol. The van der Waals surface area contributed by atoms with Gasteiger partial charge in [0.05, 0.1) is 18.2 Å². The predicted octanol–water partition coefficient (Wildman–Crippen LogP) is 3.22. The summed E-state index contributed by atoms with van der Waals surface area (Å²) in [6, 6.07) is 13.4. The molecule has 0 saturated heterocycles. The van der Waals surface area contributed by atoms with Gasteiger partial charge in [-0.25, -0.2) is 15.0 Å². The van der Waals surface area contributed by atoms with Crippen molar-refractivity contribution in [1.29, 1.82) is 0 Å². The largest absolute Gasteiger partial charge is 0.496 e. The van der Waals surface area contributed by atoms with E-state index in [0.717, 1.165) is 5.56 Å². The highest BCUT2D eigenvalue weighted by Crippen LogP contribution is 2.22. The van der Waals surface area contributed by atoms with Crippen LogP contribution in [0.25, 0.3) is 0 Å². The minimum absolute atomic E-state index is 0.0659. The van der Waals surface area contributed by atoms with Gasteiger partial charge in [0, 0.05) is 0 Å². The average Bonchev–Trinajstić information content (AvgIpc) is 2.69.